The highest BCUT2D eigenvalue weighted by atomic mass is 16.6. The summed E-state index contributed by atoms with van der Waals surface area (Å²) in [5.74, 6) is 0.0445. The summed E-state index contributed by atoms with van der Waals surface area (Å²) >= 11 is 0. The van der Waals surface area contributed by atoms with E-state index in [0.717, 1.165) is 13.0 Å². The molecule has 1 amide bonds. The van der Waals surface area contributed by atoms with Crippen LogP contribution in [0.1, 0.15) is 25.8 Å². The molecule has 0 bridgehead atoms. The Labute approximate surface area is 122 Å². The van der Waals surface area contributed by atoms with Crippen LogP contribution in [-0.4, -0.2) is 30.0 Å². The van der Waals surface area contributed by atoms with Crippen LogP contribution >= 0.6 is 0 Å². The van der Waals surface area contributed by atoms with E-state index in [1.54, 1.807) is 0 Å². The fourth-order valence-corrected chi connectivity index (χ4v) is 2.14. The molecule has 7 nitrogen and oxygen atoms in total. The summed E-state index contributed by atoms with van der Waals surface area (Å²) in [6, 6.07) is 3.35. The molecule has 1 aromatic rings. The fourth-order valence-electron chi connectivity index (χ4n) is 2.14. The van der Waals surface area contributed by atoms with Crippen LogP contribution in [0.25, 0.3) is 0 Å². The second-order valence-corrected chi connectivity index (χ2v) is 5.27. The molecule has 0 radical (unpaired) electrons. The number of nitro benzene ring substituents is 1. The van der Waals surface area contributed by atoms with Crippen LogP contribution in [-0.2, 0) is 11.2 Å². The first-order chi connectivity index (χ1) is 9.97. The van der Waals surface area contributed by atoms with E-state index in [-0.39, 0.29) is 23.8 Å². The van der Waals surface area contributed by atoms with Crippen LogP contribution < -0.4 is 15.4 Å². The van der Waals surface area contributed by atoms with Crippen molar-refractivity contribution in [1.82, 2.24) is 5.32 Å². The lowest BCUT2D eigenvalue weighted by Gasteiger charge is -2.10. The lowest BCUT2D eigenvalue weighted by atomic mass is 10.1. The van der Waals surface area contributed by atoms with Gasteiger partial charge in [-0.05, 0) is 18.5 Å². The molecule has 0 saturated carbocycles. The van der Waals surface area contributed by atoms with Crippen LogP contribution in [0.3, 0.4) is 0 Å². The number of carbonyl (C=O) groups excluding carboxylic acids is 1. The molecule has 0 fully saturated rings. The van der Waals surface area contributed by atoms with Gasteiger partial charge in [-0.1, -0.05) is 13.8 Å². The van der Waals surface area contributed by atoms with E-state index in [0.29, 0.717) is 23.9 Å². The van der Waals surface area contributed by atoms with Gasteiger partial charge in [0.15, 0.2) is 5.75 Å². The van der Waals surface area contributed by atoms with E-state index in [4.69, 9.17) is 4.74 Å². The van der Waals surface area contributed by atoms with Crippen molar-refractivity contribution in [2.45, 2.75) is 32.7 Å². The third-order valence-electron chi connectivity index (χ3n) is 3.14. The number of rotatable bonds is 7. The number of anilines is 1. The maximum atomic E-state index is 11.3. The van der Waals surface area contributed by atoms with Gasteiger partial charge in [0.25, 0.3) is 0 Å². The molecule has 0 atom stereocenters. The average Bonchev–Trinajstić information content (AvgIpc) is 2.75. The molecule has 1 heterocycles. The molecule has 1 aliphatic rings. The summed E-state index contributed by atoms with van der Waals surface area (Å²) in [4.78, 5) is 21.9. The van der Waals surface area contributed by atoms with Gasteiger partial charge >= 0.3 is 5.69 Å². The molecule has 21 heavy (non-hydrogen) atoms. The minimum absolute atomic E-state index is 0.0953. The van der Waals surface area contributed by atoms with Crippen molar-refractivity contribution in [2.24, 2.45) is 0 Å². The van der Waals surface area contributed by atoms with Gasteiger partial charge in [0.2, 0.25) is 5.91 Å². The molecule has 0 aliphatic carbocycles. The third kappa shape index (κ3) is 3.91. The Bertz CT molecular complexity index is 557. The maximum Gasteiger partial charge on any atom is 0.311 e. The highest BCUT2D eigenvalue weighted by Crippen LogP contribution is 2.36. The van der Waals surface area contributed by atoms with Crippen molar-refractivity contribution in [1.29, 1.82) is 0 Å². The van der Waals surface area contributed by atoms with Gasteiger partial charge in [-0.2, -0.15) is 0 Å². The second kappa shape index (κ2) is 6.53. The van der Waals surface area contributed by atoms with E-state index in [2.05, 4.69) is 24.5 Å². The Balaban J connectivity index is 2.03. The standard InChI is InChI=1S/C14H19N3O4/c1-9(2)15-4-3-5-21-13-8-11-10(7-14(18)16-11)6-12(13)17(19)20/h6,8-9,15H,3-5,7H2,1-2H3,(H,16,18). The highest BCUT2D eigenvalue weighted by Gasteiger charge is 2.25. The number of nitrogens with zero attached hydrogens (tertiary/aromatic N) is 1. The molecular weight excluding hydrogens is 274 g/mol. The van der Waals surface area contributed by atoms with Crippen LogP contribution in [0.15, 0.2) is 12.1 Å². The lowest BCUT2D eigenvalue weighted by Crippen LogP contribution is -2.24. The Morgan fingerprint density at radius 1 is 1.48 bits per heavy atom. The molecule has 0 spiro atoms. The number of ether oxygens (including phenoxy) is 1. The predicted molar refractivity (Wildman–Crippen MR) is 78.7 cm³/mol. The number of benzene rings is 1. The van der Waals surface area contributed by atoms with Gasteiger partial charge in [-0.25, -0.2) is 0 Å². The molecule has 1 aromatic carbocycles. The predicted octanol–water partition coefficient (Wildman–Crippen LogP) is 1.86. The Morgan fingerprint density at radius 2 is 2.24 bits per heavy atom. The van der Waals surface area contributed by atoms with Crippen molar-refractivity contribution in [3.05, 3.63) is 27.8 Å². The molecule has 0 saturated heterocycles. The molecule has 2 rings (SSSR count). The zero-order chi connectivity index (χ0) is 15.4. The first-order valence-corrected chi connectivity index (χ1v) is 6.94. The zero-order valence-electron chi connectivity index (χ0n) is 12.1. The van der Waals surface area contributed by atoms with E-state index in [9.17, 15) is 14.9 Å². The molecule has 2 N–H and O–H groups in total. The highest BCUT2D eigenvalue weighted by molar-refractivity contribution is 5.99. The molecule has 0 aromatic heterocycles. The average molecular weight is 293 g/mol. The Morgan fingerprint density at radius 3 is 2.90 bits per heavy atom. The van der Waals surface area contributed by atoms with E-state index < -0.39 is 4.92 Å². The smallest absolute Gasteiger partial charge is 0.311 e. The van der Waals surface area contributed by atoms with Crippen molar-refractivity contribution in [2.75, 3.05) is 18.5 Å². The van der Waals surface area contributed by atoms with Crippen LogP contribution in [0.4, 0.5) is 11.4 Å². The largest absolute Gasteiger partial charge is 0.487 e. The van der Waals surface area contributed by atoms with E-state index in [1.165, 1.54) is 12.1 Å². The SMILES string of the molecule is CC(C)NCCCOc1cc2c(cc1[N+](=O)[O-])CC(=O)N2. The van der Waals surface area contributed by atoms with Crippen molar-refractivity contribution in [3.8, 4) is 5.75 Å². The summed E-state index contributed by atoms with van der Waals surface area (Å²) in [6.45, 7) is 5.27. The number of nitrogens with one attached hydrogen (secondary N) is 2. The number of carbonyl (C=O) groups is 1. The number of fused-ring (bicyclic) bond motifs is 1. The van der Waals surface area contributed by atoms with Gasteiger partial charge in [0.1, 0.15) is 0 Å². The summed E-state index contributed by atoms with van der Waals surface area (Å²) in [5, 5.41) is 17.0. The summed E-state index contributed by atoms with van der Waals surface area (Å²) < 4.78 is 5.51. The summed E-state index contributed by atoms with van der Waals surface area (Å²) in [7, 11) is 0. The number of hydrogen-bond acceptors (Lipinski definition) is 5. The first-order valence-electron chi connectivity index (χ1n) is 6.94. The van der Waals surface area contributed by atoms with Gasteiger partial charge in [-0.15, -0.1) is 0 Å². The molecule has 7 heteroatoms. The quantitative estimate of drug-likeness (QED) is 0.454. The fraction of sp³-hybridized carbons (Fsp3) is 0.500. The maximum absolute atomic E-state index is 11.3. The van der Waals surface area contributed by atoms with Gasteiger partial charge in [-0.3, -0.25) is 14.9 Å². The van der Waals surface area contributed by atoms with E-state index >= 15 is 0 Å². The number of hydrogen-bond donors (Lipinski definition) is 2. The van der Waals surface area contributed by atoms with Crippen LogP contribution in [0.2, 0.25) is 0 Å². The van der Waals surface area contributed by atoms with Gasteiger partial charge < -0.3 is 15.4 Å². The monoisotopic (exact) mass is 293 g/mol. The minimum Gasteiger partial charge on any atom is -0.487 e. The third-order valence-corrected chi connectivity index (χ3v) is 3.14. The van der Waals surface area contributed by atoms with Crippen LogP contribution in [0.5, 0.6) is 5.75 Å². The van der Waals surface area contributed by atoms with E-state index in [1.807, 2.05) is 0 Å². The molecular formula is C14H19N3O4. The van der Waals surface area contributed by atoms with Crippen molar-refractivity contribution >= 4 is 17.3 Å². The second-order valence-electron chi connectivity index (χ2n) is 5.27. The first kappa shape index (κ1) is 15.2. The summed E-state index contributed by atoms with van der Waals surface area (Å²) in [5.41, 5.74) is 1.14. The van der Waals surface area contributed by atoms with Crippen molar-refractivity contribution in [3.63, 3.8) is 0 Å². The molecule has 0 unspecified atom stereocenters. The molecule has 1 aliphatic heterocycles. The van der Waals surface area contributed by atoms with Crippen molar-refractivity contribution < 1.29 is 14.5 Å². The molecule has 114 valence electrons. The topological polar surface area (TPSA) is 93.5 Å². The summed E-state index contributed by atoms with van der Waals surface area (Å²) in [6.07, 6.45) is 0.924. The number of nitro groups is 1. The Hall–Kier alpha value is -2.15. The Kier molecular flexibility index (Phi) is 4.74. The van der Waals surface area contributed by atoms with Crippen LogP contribution in [0, 0.1) is 10.1 Å². The normalized spacial score (nSPS) is 13.2. The van der Waals surface area contributed by atoms with Gasteiger partial charge in [0, 0.05) is 23.9 Å². The number of amides is 1. The zero-order valence-corrected chi connectivity index (χ0v) is 12.1. The minimum atomic E-state index is -0.481. The lowest BCUT2D eigenvalue weighted by molar-refractivity contribution is -0.385. The van der Waals surface area contributed by atoms with Gasteiger partial charge in [0.05, 0.1) is 18.0 Å².